The van der Waals surface area contributed by atoms with Gasteiger partial charge >= 0.3 is 0 Å². The molecule has 0 N–H and O–H groups in total. The Hall–Kier alpha value is -2.80. The minimum absolute atomic E-state index is 0.0366. The monoisotopic (exact) mass is 734 g/mol. The summed E-state index contributed by atoms with van der Waals surface area (Å²) < 4.78 is 51.5. The number of carbonyl (C=O) groups excluding carboxylic acids is 4. The van der Waals surface area contributed by atoms with Crippen molar-refractivity contribution in [2.45, 2.75) is 49.1 Å². The standard InChI is InChI=1S/C16H14BrFO4.C16H12BrFO4/c2*1-21-10-5-6(17)4-7(18)11(10)14-15(19)12-8-2-3-9(22-8)13(12)16(14)20/h4-5,8-9,12-14H,2-3H2,1H3;2-5,8-9,12-14H,1H3. The van der Waals surface area contributed by atoms with E-state index in [0.717, 1.165) is 12.8 Å². The Kier molecular flexibility index (Phi) is 7.42. The van der Waals surface area contributed by atoms with Gasteiger partial charge in [-0.3, -0.25) is 19.2 Å². The second-order valence-corrected chi connectivity index (χ2v) is 13.7. The van der Waals surface area contributed by atoms with E-state index >= 15 is 0 Å². The van der Waals surface area contributed by atoms with Gasteiger partial charge in [0.2, 0.25) is 0 Å². The van der Waals surface area contributed by atoms with E-state index in [0.29, 0.717) is 8.95 Å². The Balaban J connectivity index is 0.000000142. The molecule has 4 aliphatic heterocycles. The van der Waals surface area contributed by atoms with Gasteiger partial charge < -0.3 is 18.9 Å². The van der Waals surface area contributed by atoms with Crippen LogP contribution in [-0.4, -0.2) is 61.8 Å². The van der Waals surface area contributed by atoms with Gasteiger partial charge in [0.25, 0.3) is 0 Å². The minimum atomic E-state index is -1.10. The fourth-order valence-electron chi connectivity index (χ4n) is 8.03. The lowest BCUT2D eigenvalue weighted by atomic mass is 9.81. The predicted molar refractivity (Wildman–Crippen MR) is 156 cm³/mol. The number of ketones is 4. The van der Waals surface area contributed by atoms with Crippen LogP contribution in [0.2, 0.25) is 0 Å². The van der Waals surface area contributed by atoms with Gasteiger partial charge in [-0.2, -0.15) is 0 Å². The molecule has 4 bridgehead atoms. The van der Waals surface area contributed by atoms with Crippen molar-refractivity contribution >= 4 is 55.0 Å². The predicted octanol–water partition coefficient (Wildman–Crippen LogP) is 5.03. The SMILES string of the molecule is COc1cc(Br)cc(F)c1C1C(=O)C2C3C=CC(O3)C2C1=O.COc1cc(Br)cc(F)c1C1C(=O)C2C3CCC(O3)C2C1=O. The van der Waals surface area contributed by atoms with Crippen molar-refractivity contribution in [1.29, 1.82) is 0 Å². The zero-order valence-electron chi connectivity index (χ0n) is 23.4. The number of fused-ring (bicyclic) bond motifs is 10. The number of Topliss-reactive ketones (excluding diaryl/α,β-unsaturated/α-hetero) is 4. The van der Waals surface area contributed by atoms with E-state index in [2.05, 4.69) is 31.9 Å². The van der Waals surface area contributed by atoms with Crippen LogP contribution in [0, 0.1) is 35.3 Å². The summed E-state index contributed by atoms with van der Waals surface area (Å²) in [4.78, 5) is 51.0. The number of hydrogen-bond donors (Lipinski definition) is 0. The highest BCUT2D eigenvalue weighted by Gasteiger charge is 2.64. The van der Waals surface area contributed by atoms with Crippen molar-refractivity contribution in [1.82, 2.24) is 0 Å². The van der Waals surface area contributed by atoms with Crippen LogP contribution in [0.25, 0.3) is 0 Å². The molecular weight excluding hydrogens is 710 g/mol. The van der Waals surface area contributed by atoms with Crippen LogP contribution in [0.5, 0.6) is 11.5 Å². The summed E-state index contributed by atoms with van der Waals surface area (Å²) in [6.45, 7) is 0. The van der Waals surface area contributed by atoms with Crippen LogP contribution >= 0.6 is 31.9 Å². The van der Waals surface area contributed by atoms with Gasteiger partial charge in [-0.15, -0.1) is 0 Å². The third kappa shape index (κ3) is 4.31. The van der Waals surface area contributed by atoms with Gasteiger partial charge in [0.1, 0.15) is 35.0 Å². The average Bonchev–Trinajstić information content (AvgIpc) is 3.83. The van der Waals surface area contributed by atoms with Crippen LogP contribution in [0.3, 0.4) is 0 Å². The van der Waals surface area contributed by atoms with Crippen molar-refractivity contribution in [3.63, 3.8) is 0 Å². The Morgan fingerprint density at radius 1 is 0.636 bits per heavy atom. The van der Waals surface area contributed by atoms with E-state index in [9.17, 15) is 28.0 Å². The lowest BCUT2D eigenvalue weighted by Crippen LogP contribution is -2.29. The second kappa shape index (κ2) is 10.9. The van der Waals surface area contributed by atoms with E-state index in [1.54, 1.807) is 12.1 Å². The Bertz CT molecular complexity index is 1540. The summed E-state index contributed by atoms with van der Waals surface area (Å²) in [6.07, 6.45) is 4.15. The van der Waals surface area contributed by atoms with E-state index in [1.807, 2.05) is 12.2 Å². The molecule has 2 aromatic rings. The molecule has 3 saturated heterocycles. The fourth-order valence-corrected chi connectivity index (χ4v) is 8.84. The van der Waals surface area contributed by atoms with Crippen LogP contribution < -0.4 is 9.47 Å². The van der Waals surface area contributed by atoms with Gasteiger partial charge in [-0.1, -0.05) is 44.0 Å². The largest absolute Gasteiger partial charge is 0.496 e. The number of ether oxygens (including phenoxy) is 4. The molecular formula is C32H26Br2F2O8. The zero-order valence-corrected chi connectivity index (χ0v) is 26.6. The maximum atomic E-state index is 14.4. The summed E-state index contributed by atoms with van der Waals surface area (Å²) in [5.41, 5.74) is 0.101. The topological polar surface area (TPSA) is 105 Å². The average molecular weight is 736 g/mol. The molecule has 0 amide bonds. The summed E-state index contributed by atoms with van der Waals surface area (Å²) >= 11 is 6.38. The first-order valence-electron chi connectivity index (χ1n) is 14.3. The van der Waals surface area contributed by atoms with Crippen LogP contribution in [0.1, 0.15) is 35.8 Å². The molecule has 0 spiro atoms. The number of carbonyl (C=O) groups is 4. The smallest absolute Gasteiger partial charge is 0.154 e. The number of rotatable bonds is 4. The molecule has 2 aliphatic carbocycles. The van der Waals surface area contributed by atoms with E-state index in [1.165, 1.54) is 26.4 Å². The fraction of sp³-hybridized carbons (Fsp3) is 0.438. The molecule has 0 aromatic heterocycles. The lowest BCUT2D eigenvalue weighted by molar-refractivity contribution is -0.129. The minimum Gasteiger partial charge on any atom is -0.496 e. The van der Waals surface area contributed by atoms with Crippen LogP contribution in [-0.2, 0) is 28.7 Å². The van der Waals surface area contributed by atoms with Gasteiger partial charge in [0, 0.05) is 20.1 Å². The third-order valence-electron chi connectivity index (χ3n) is 9.75. The van der Waals surface area contributed by atoms with Crippen molar-refractivity contribution in [3.05, 3.63) is 68.1 Å². The van der Waals surface area contributed by atoms with Gasteiger partial charge in [0.05, 0.1) is 62.3 Å². The zero-order chi connectivity index (χ0) is 31.2. The first-order chi connectivity index (χ1) is 21.0. The first kappa shape index (κ1) is 29.9. The van der Waals surface area contributed by atoms with Crippen molar-refractivity contribution in [2.75, 3.05) is 14.2 Å². The molecule has 12 heteroatoms. The Morgan fingerprint density at radius 2 is 1.02 bits per heavy atom. The van der Waals surface area contributed by atoms with Gasteiger partial charge in [-0.05, 0) is 37.1 Å². The Labute approximate surface area is 267 Å². The number of hydrogen-bond acceptors (Lipinski definition) is 8. The summed E-state index contributed by atoms with van der Waals surface area (Å²) in [7, 11) is 2.80. The number of methoxy groups -OCH3 is 2. The third-order valence-corrected chi connectivity index (χ3v) is 10.7. The van der Waals surface area contributed by atoms with E-state index in [4.69, 9.17) is 18.9 Å². The maximum Gasteiger partial charge on any atom is 0.154 e. The molecule has 6 aliphatic rings. The summed E-state index contributed by atoms with van der Waals surface area (Å²) in [6, 6.07) is 5.65. The molecule has 0 radical (unpaired) electrons. The quantitative estimate of drug-likeness (QED) is 0.319. The Morgan fingerprint density at radius 3 is 1.41 bits per heavy atom. The molecule has 8 unspecified atom stereocenters. The number of benzene rings is 2. The molecule has 2 aromatic carbocycles. The lowest BCUT2D eigenvalue weighted by Gasteiger charge is -2.16. The first-order valence-corrected chi connectivity index (χ1v) is 15.8. The molecule has 8 rings (SSSR count). The van der Waals surface area contributed by atoms with Crippen molar-refractivity contribution in [3.8, 4) is 11.5 Å². The number of halogens is 4. The van der Waals surface area contributed by atoms with Crippen molar-refractivity contribution < 1.29 is 46.9 Å². The maximum absolute atomic E-state index is 14.4. The summed E-state index contributed by atoms with van der Waals surface area (Å²) in [5.74, 6) is -5.75. The molecule has 44 heavy (non-hydrogen) atoms. The van der Waals surface area contributed by atoms with E-state index < -0.39 is 47.1 Å². The molecule has 4 heterocycles. The van der Waals surface area contributed by atoms with Crippen LogP contribution in [0.15, 0.2) is 45.4 Å². The second-order valence-electron chi connectivity index (χ2n) is 11.8. The molecule has 230 valence electrons. The van der Waals surface area contributed by atoms with Crippen molar-refractivity contribution in [2.24, 2.45) is 23.7 Å². The highest BCUT2D eigenvalue weighted by atomic mass is 79.9. The van der Waals surface area contributed by atoms with E-state index in [-0.39, 0.29) is 70.2 Å². The molecule has 8 nitrogen and oxygen atoms in total. The highest BCUT2D eigenvalue weighted by Crippen LogP contribution is 2.54. The molecule has 8 atom stereocenters. The molecule has 5 fully saturated rings. The van der Waals surface area contributed by atoms with Crippen LogP contribution in [0.4, 0.5) is 8.78 Å². The van der Waals surface area contributed by atoms with Gasteiger partial charge in [0.15, 0.2) is 23.1 Å². The molecule has 2 saturated carbocycles. The van der Waals surface area contributed by atoms with Gasteiger partial charge in [-0.25, -0.2) is 8.78 Å². The normalized spacial score (nSPS) is 35.7. The summed E-state index contributed by atoms with van der Waals surface area (Å²) in [5, 5.41) is 0. The highest BCUT2D eigenvalue weighted by molar-refractivity contribution is 9.10.